The van der Waals surface area contributed by atoms with Crippen LogP contribution in [0.2, 0.25) is 0 Å². The molecule has 1 unspecified atom stereocenters. The van der Waals surface area contributed by atoms with Crippen molar-refractivity contribution in [1.82, 2.24) is 0 Å². The third-order valence-corrected chi connectivity index (χ3v) is 2.51. The van der Waals surface area contributed by atoms with Gasteiger partial charge in [-0.3, -0.25) is 0 Å². The zero-order chi connectivity index (χ0) is 11.7. The molecule has 4 heteroatoms. The molecule has 0 spiro atoms. The van der Waals surface area contributed by atoms with Crippen molar-refractivity contribution in [3.8, 4) is 0 Å². The first-order valence-corrected chi connectivity index (χ1v) is 5.43. The van der Waals surface area contributed by atoms with E-state index in [2.05, 4.69) is 13.2 Å². The molecule has 3 nitrogen and oxygen atoms in total. The molecule has 1 atom stereocenters. The summed E-state index contributed by atoms with van der Waals surface area (Å²) in [4.78, 5) is 10.8. The van der Waals surface area contributed by atoms with E-state index >= 15 is 0 Å². The highest BCUT2D eigenvalue weighted by atomic mass is 35.5. The zero-order valence-corrected chi connectivity index (χ0v) is 10.6. The van der Waals surface area contributed by atoms with Crippen LogP contribution in [0.25, 0.3) is 0 Å². The summed E-state index contributed by atoms with van der Waals surface area (Å²) in [5.74, 6) is -0.276. The number of quaternary nitrogens is 1. The van der Waals surface area contributed by atoms with Gasteiger partial charge < -0.3 is 22.8 Å². The highest BCUT2D eigenvalue weighted by Crippen LogP contribution is 2.06. The Morgan fingerprint density at radius 1 is 1.38 bits per heavy atom. The Bertz CT molecular complexity index is 209. The lowest BCUT2D eigenvalue weighted by Crippen LogP contribution is -3.00. The lowest BCUT2D eigenvalue weighted by atomic mass is 10.0. The molecule has 94 valence electrons. The van der Waals surface area contributed by atoms with Crippen molar-refractivity contribution >= 4 is 5.97 Å². The first-order chi connectivity index (χ1) is 7.15. The van der Waals surface area contributed by atoms with Gasteiger partial charge in [0.2, 0.25) is 0 Å². The van der Waals surface area contributed by atoms with E-state index in [1.54, 1.807) is 0 Å². The molecule has 0 heterocycles. The maximum Gasteiger partial charge on any atom is 0.362 e. The molecular weight excluding hydrogens is 226 g/mol. The molecule has 0 amide bonds. The standard InChI is InChI=1S/C12H21NO2.ClH/c1-4-7-10(8-5-2)9-13-11(6-3)12(14)15;/h4-5,10-11,13H,1-2,6-9H2,3H3,(H,14,15);1H. The van der Waals surface area contributed by atoms with Gasteiger partial charge in [0, 0.05) is 12.3 Å². The molecule has 0 saturated carbocycles. The molecule has 0 aliphatic heterocycles. The molecule has 0 aliphatic carbocycles. The van der Waals surface area contributed by atoms with E-state index in [1.165, 1.54) is 0 Å². The number of hydrogen-bond acceptors (Lipinski definition) is 1. The van der Waals surface area contributed by atoms with Crippen LogP contribution in [0.15, 0.2) is 25.3 Å². The first kappa shape index (κ1) is 17.6. The third-order valence-electron chi connectivity index (χ3n) is 2.51. The first-order valence-electron chi connectivity index (χ1n) is 5.43. The van der Waals surface area contributed by atoms with E-state index in [1.807, 2.05) is 24.4 Å². The minimum absolute atomic E-state index is 0. The van der Waals surface area contributed by atoms with E-state index in [0.29, 0.717) is 12.3 Å². The second-order valence-electron chi connectivity index (χ2n) is 3.74. The molecule has 0 saturated heterocycles. The zero-order valence-electron chi connectivity index (χ0n) is 9.86. The second kappa shape index (κ2) is 10.7. The quantitative estimate of drug-likeness (QED) is 0.472. The van der Waals surface area contributed by atoms with Crippen molar-refractivity contribution < 1.29 is 27.6 Å². The maximum absolute atomic E-state index is 10.8. The van der Waals surface area contributed by atoms with Crippen molar-refractivity contribution in [2.45, 2.75) is 32.2 Å². The lowest BCUT2D eigenvalue weighted by molar-refractivity contribution is -0.683. The van der Waals surface area contributed by atoms with Crippen molar-refractivity contribution in [2.75, 3.05) is 6.54 Å². The van der Waals surface area contributed by atoms with Gasteiger partial charge in [-0.15, -0.1) is 13.2 Å². The minimum Gasteiger partial charge on any atom is -1.00 e. The monoisotopic (exact) mass is 247 g/mol. The number of carbonyl (C=O) groups is 1. The van der Waals surface area contributed by atoms with Gasteiger partial charge in [0.1, 0.15) is 0 Å². The van der Waals surface area contributed by atoms with Gasteiger partial charge in [-0.1, -0.05) is 19.1 Å². The molecule has 0 fully saturated rings. The van der Waals surface area contributed by atoms with E-state index < -0.39 is 5.97 Å². The molecule has 0 aliphatic rings. The van der Waals surface area contributed by atoms with Crippen LogP contribution in [0.3, 0.4) is 0 Å². The highest BCUT2D eigenvalue weighted by molar-refractivity contribution is 5.71. The molecule has 3 N–H and O–H groups in total. The van der Waals surface area contributed by atoms with Crippen LogP contribution >= 0.6 is 0 Å². The van der Waals surface area contributed by atoms with Crippen LogP contribution in [-0.4, -0.2) is 23.7 Å². The summed E-state index contributed by atoms with van der Waals surface area (Å²) < 4.78 is 0. The maximum atomic E-state index is 10.8. The number of aliphatic carboxylic acids is 1. The highest BCUT2D eigenvalue weighted by Gasteiger charge is 2.19. The fraction of sp³-hybridized carbons (Fsp3) is 0.583. The van der Waals surface area contributed by atoms with Gasteiger partial charge in [-0.05, 0) is 12.8 Å². The van der Waals surface area contributed by atoms with Crippen LogP contribution in [0.1, 0.15) is 26.2 Å². The number of rotatable bonds is 9. The van der Waals surface area contributed by atoms with E-state index in [0.717, 1.165) is 19.4 Å². The predicted molar refractivity (Wildman–Crippen MR) is 61.6 cm³/mol. The SMILES string of the molecule is C=CCC(CC=C)C[NH2+]C(CC)C(=O)O.[Cl-]. The van der Waals surface area contributed by atoms with Crippen LogP contribution in [-0.2, 0) is 4.79 Å². The summed E-state index contributed by atoms with van der Waals surface area (Å²) in [7, 11) is 0. The number of carboxylic acids is 1. The van der Waals surface area contributed by atoms with Gasteiger partial charge >= 0.3 is 5.97 Å². The van der Waals surface area contributed by atoms with Crippen molar-refractivity contribution in [1.29, 1.82) is 0 Å². The summed E-state index contributed by atoms with van der Waals surface area (Å²) in [5.41, 5.74) is 0. The van der Waals surface area contributed by atoms with Gasteiger partial charge in [0.25, 0.3) is 0 Å². The summed E-state index contributed by atoms with van der Waals surface area (Å²) in [5, 5.41) is 10.8. The Morgan fingerprint density at radius 2 is 1.88 bits per heavy atom. The van der Waals surface area contributed by atoms with Gasteiger partial charge in [0.15, 0.2) is 6.04 Å². The topological polar surface area (TPSA) is 53.9 Å². The average Bonchev–Trinajstić information content (AvgIpc) is 2.18. The van der Waals surface area contributed by atoms with Gasteiger partial charge in [0.05, 0.1) is 6.54 Å². The Hall–Kier alpha value is -0.800. The summed E-state index contributed by atoms with van der Waals surface area (Å²) in [6, 6.07) is -0.317. The molecule has 0 aromatic heterocycles. The number of halogens is 1. The lowest BCUT2D eigenvalue weighted by Gasteiger charge is -2.14. The predicted octanol–water partition coefficient (Wildman–Crippen LogP) is -1.81. The number of nitrogens with two attached hydrogens (primary N) is 1. The molecule has 0 rings (SSSR count). The molecule has 0 radical (unpaired) electrons. The summed E-state index contributed by atoms with van der Waals surface area (Å²) >= 11 is 0. The Morgan fingerprint density at radius 3 is 2.19 bits per heavy atom. The summed E-state index contributed by atoms with van der Waals surface area (Å²) in [6.45, 7) is 10.1. The van der Waals surface area contributed by atoms with Gasteiger partial charge in [-0.2, -0.15) is 0 Å². The average molecular weight is 248 g/mol. The minimum atomic E-state index is -0.728. The van der Waals surface area contributed by atoms with Crippen molar-refractivity contribution in [3.05, 3.63) is 25.3 Å². The summed E-state index contributed by atoms with van der Waals surface area (Å²) in [6.07, 6.45) is 6.24. The van der Waals surface area contributed by atoms with Crippen LogP contribution < -0.4 is 17.7 Å². The molecular formula is C12H22ClNO2. The number of hydrogen-bond donors (Lipinski definition) is 2. The van der Waals surface area contributed by atoms with E-state index in [9.17, 15) is 4.79 Å². The normalized spacial score (nSPS) is 11.6. The Labute approximate surface area is 104 Å². The smallest absolute Gasteiger partial charge is 0.362 e. The van der Waals surface area contributed by atoms with E-state index in [-0.39, 0.29) is 18.4 Å². The fourth-order valence-electron chi connectivity index (χ4n) is 1.56. The molecule has 0 aromatic carbocycles. The van der Waals surface area contributed by atoms with Crippen LogP contribution in [0, 0.1) is 5.92 Å². The Kier molecular flexibility index (Phi) is 11.8. The number of carboxylic acid groups (broad SMARTS) is 1. The fourth-order valence-corrected chi connectivity index (χ4v) is 1.56. The van der Waals surface area contributed by atoms with E-state index in [4.69, 9.17) is 5.11 Å². The molecule has 16 heavy (non-hydrogen) atoms. The number of allylic oxidation sites excluding steroid dienone is 2. The van der Waals surface area contributed by atoms with Crippen LogP contribution in [0.5, 0.6) is 0 Å². The van der Waals surface area contributed by atoms with Crippen LogP contribution in [0.4, 0.5) is 0 Å². The van der Waals surface area contributed by atoms with Crippen molar-refractivity contribution in [2.24, 2.45) is 5.92 Å². The largest absolute Gasteiger partial charge is 1.00 e. The molecule has 0 aromatic rings. The third kappa shape index (κ3) is 7.49. The van der Waals surface area contributed by atoms with Crippen molar-refractivity contribution in [3.63, 3.8) is 0 Å². The Balaban J connectivity index is 0. The van der Waals surface area contributed by atoms with Gasteiger partial charge in [-0.25, -0.2) is 4.79 Å². The molecule has 0 bridgehead atoms. The second-order valence-corrected chi connectivity index (χ2v) is 3.74.